The van der Waals surface area contributed by atoms with E-state index in [2.05, 4.69) is 16.0 Å². The minimum atomic E-state index is -0.862. The second-order valence-corrected chi connectivity index (χ2v) is 4.22. The van der Waals surface area contributed by atoms with Crippen LogP contribution >= 0.6 is 0 Å². The molecule has 2 rings (SSSR count). The molecule has 0 aromatic carbocycles. The van der Waals surface area contributed by atoms with Crippen LogP contribution in [0.15, 0.2) is 12.3 Å². The molecule has 1 aromatic rings. The van der Waals surface area contributed by atoms with Crippen LogP contribution in [-0.2, 0) is 4.79 Å². The quantitative estimate of drug-likeness (QED) is 0.770. The molecule has 0 unspecified atom stereocenters. The molecule has 0 spiro atoms. The number of nitrogens with zero attached hydrogens (tertiary/aromatic N) is 4. The Labute approximate surface area is 100 Å². The Morgan fingerprint density at radius 1 is 1.65 bits per heavy atom. The van der Waals surface area contributed by atoms with Gasteiger partial charge in [-0.2, -0.15) is 5.26 Å². The molecule has 1 fully saturated rings. The van der Waals surface area contributed by atoms with Gasteiger partial charge >= 0.3 is 0 Å². The predicted octanol–water partition coefficient (Wildman–Crippen LogP) is 1.44. The maximum atomic E-state index is 12.2. The Morgan fingerprint density at radius 3 is 2.94 bits per heavy atom. The highest BCUT2D eigenvalue weighted by Gasteiger charge is 2.46. The molecule has 0 aliphatic carbocycles. The molecule has 1 atom stereocenters. The summed E-state index contributed by atoms with van der Waals surface area (Å²) in [6.07, 6.45) is 2.74. The van der Waals surface area contributed by atoms with Gasteiger partial charge in [-0.3, -0.25) is 9.69 Å². The average Bonchev–Trinajstić information content (AvgIpc) is 2.67. The van der Waals surface area contributed by atoms with Gasteiger partial charge in [-0.1, -0.05) is 6.92 Å². The highest BCUT2D eigenvalue weighted by atomic mass is 16.2. The Bertz CT molecular complexity index is 494. The molecule has 0 saturated carbocycles. The number of nitriles is 1. The van der Waals surface area contributed by atoms with Gasteiger partial charge in [0.2, 0.25) is 5.91 Å². The molecule has 0 N–H and O–H groups in total. The van der Waals surface area contributed by atoms with Crippen LogP contribution in [0.2, 0.25) is 0 Å². The van der Waals surface area contributed by atoms with E-state index in [9.17, 15) is 10.1 Å². The number of hydrogen-bond acceptors (Lipinski definition) is 4. The van der Waals surface area contributed by atoms with Crippen molar-refractivity contribution in [2.45, 2.75) is 26.7 Å². The van der Waals surface area contributed by atoms with Crippen LogP contribution in [0.3, 0.4) is 0 Å². The Hall–Kier alpha value is -1.96. The summed E-state index contributed by atoms with van der Waals surface area (Å²) in [6, 6.07) is 3.86. The zero-order chi connectivity index (χ0) is 12.5. The first-order valence-corrected chi connectivity index (χ1v) is 5.66. The first-order chi connectivity index (χ1) is 8.13. The SMILES string of the molecule is CC[C@]1(C#N)CCN(c2ccnc(C)n2)C1=O. The summed E-state index contributed by atoms with van der Waals surface area (Å²) in [5.74, 6) is 1.08. The van der Waals surface area contributed by atoms with E-state index in [-0.39, 0.29) is 5.91 Å². The lowest BCUT2D eigenvalue weighted by molar-refractivity contribution is -0.123. The van der Waals surface area contributed by atoms with Crippen LogP contribution in [0.4, 0.5) is 5.82 Å². The van der Waals surface area contributed by atoms with Crippen molar-refractivity contribution in [3.63, 3.8) is 0 Å². The first kappa shape index (κ1) is 11.5. The van der Waals surface area contributed by atoms with Gasteiger partial charge in [0.1, 0.15) is 17.1 Å². The summed E-state index contributed by atoms with van der Waals surface area (Å²) in [5.41, 5.74) is -0.862. The van der Waals surface area contributed by atoms with Gasteiger partial charge < -0.3 is 0 Å². The molecule has 1 aliphatic heterocycles. The van der Waals surface area contributed by atoms with Crippen molar-refractivity contribution in [2.24, 2.45) is 5.41 Å². The molecule has 0 radical (unpaired) electrons. The van der Waals surface area contributed by atoms with Crippen LogP contribution in [0.1, 0.15) is 25.6 Å². The fourth-order valence-electron chi connectivity index (χ4n) is 2.09. The fraction of sp³-hybridized carbons (Fsp3) is 0.500. The van der Waals surface area contributed by atoms with Crippen LogP contribution in [-0.4, -0.2) is 22.4 Å². The van der Waals surface area contributed by atoms with Gasteiger partial charge in [-0.15, -0.1) is 0 Å². The van der Waals surface area contributed by atoms with Crippen molar-refractivity contribution in [2.75, 3.05) is 11.4 Å². The van der Waals surface area contributed by atoms with E-state index in [4.69, 9.17) is 0 Å². The van der Waals surface area contributed by atoms with Crippen LogP contribution in [0.25, 0.3) is 0 Å². The standard InChI is InChI=1S/C12H14N4O/c1-3-12(8-13)5-7-16(11(12)17)10-4-6-14-9(2)15-10/h4,6H,3,5,7H2,1-2H3/t12-/m1/s1. The minimum absolute atomic E-state index is 0.138. The number of hydrogen-bond donors (Lipinski definition) is 0. The number of amides is 1. The van der Waals surface area contributed by atoms with Gasteiger partial charge in [0.25, 0.3) is 0 Å². The zero-order valence-electron chi connectivity index (χ0n) is 9.97. The molecule has 0 bridgehead atoms. The number of aromatic nitrogens is 2. The Morgan fingerprint density at radius 2 is 2.41 bits per heavy atom. The third kappa shape index (κ3) is 1.76. The van der Waals surface area contributed by atoms with Crippen molar-refractivity contribution in [1.82, 2.24) is 9.97 Å². The van der Waals surface area contributed by atoms with E-state index < -0.39 is 5.41 Å². The van der Waals surface area contributed by atoms with Crippen molar-refractivity contribution in [3.05, 3.63) is 18.1 Å². The molecule has 88 valence electrons. The maximum Gasteiger partial charge on any atom is 0.248 e. The molecule has 1 aromatic heterocycles. The summed E-state index contributed by atoms with van der Waals surface area (Å²) in [6.45, 7) is 4.20. The normalized spacial score (nSPS) is 23.8. The summed E-state index contributed by atoms with van der Waals surface area (Å²) in [4.78, 5) is 22.1. The number of aryl methyl sites for hydroxylation is 1. The fourth-order valence-corrected chi connectivity index (χ4v) is 2.09. The van der Waals surface area contributed by atoms with Crippen LogP contribution < -0.4 is 4.90 Å². The highest BCUT2D eigenvalue weighted by Crippen LogP contribution is 2.36. The van der Waals surface area contributed by atoms with Crippen molar-refractivity contribution < 1.29 is 4.79 Å². The van der Waals surface area contributed by atoms with Crippen LogP contribution in [0.5, 0.6) is 0 Å². The second-order valence-electron chi connectivity index (χ2n) is 4.22. The largest absolute Gasteiger partial charge is 0.295 e. The monoisotopic (exact) mass is 230 g/mol. The van der Waals surface area contributed by atoms with E-state index in [0.717, 1.165) is 0 Å². The van der Waals surface area contributed by atoms with E-state index in [1.54, 1.807) is 24.1 Å². The molecule has 1 aliphatic rings. The molecule has 1 saturated heterocycles. The van der Waals surface area contributed by atoms with Gasteiger partial charge in [0.15, 0.2) is 0 Å². The lowest BCUT2D eigenvalue weighted by Gasteiger charge is -2.19. The zero-order valence-corrected chi connectivity index (χ0v) is 9.97. The van der Waals surface area contributed by atoms with Gasteiger partial charge in [-0.25, -0.2) is 9.97 Å². The average molecular weight is 230 g/mol. The van der Waals surface area contributed by atoms with E-state index in [1.165, 1.54) is 0 Å². The maximum absolute atomic E-state index is 12.2. The van der Waals surface area contributed by atoms with Crippen molar-refractivity contribution in [3.8, 4) is 6.07 Å². The van der Waals surface area contributed by atoms with Gasteiger partial charge in [-0.05, 0) is 25.8 Å². The smallest absolute Gasteiger partial charge is 0.248 e. The van der Waals surface area contributed by atoms with E-state index in [0.29, 0.717) is 31.0 Å². The number of carbonyl (C=O) groups excluding carboxylic acids is 1. The Kier molecular flexibility index (Phi) is 2.80. The van der Waals surface area contributed by atoms with Crippen molar-refractivity contribution in [1.29, 1.82) is 5.26 Å². The molecule has 5 nitrogen and oxygen atoms in total. The lowest BCUT2D eigenvalue weighted by atomic mass is 9.85. The topological polar surface area (TPSA) is 69.9 Å². The molecule has 1 amide bonds. The molecule has 2 heterocycles. The molecule has 5 heteroatoms. The lowest BCUT2D eigenvalue weighted by Crippen LogP contribution is -2.33. The van der Waals surface area contributed by atoms with Crippen LogP contribution in [0, 0.1) is 23.7 Å². The number of anilines is 1. The van der Waals surface area contributed by atoms with Gasteiger partial charge in [0.05, 0.1) is 6.07 Å². The third-order valence-electron chi connectivity index (χ3n) is 3.27. The third-order valence-corrected chi connectivity index (χ3v) is 3.27. The summed E-state index contributed by atoms with van der Waals surface area (Å²) < 4.78 is 0. The summed E-state index contributed by atoms with van der Waals surface area (Å²) >= 11 is 0. The van der Waals surface area contributed by atoms with E-state index in [1.807, 2.05) is 6.92 Å². The molecule has 17 heavy (non-hydrogen) atoms. The van der Waals surface area contributed by atoms with E-state index >= 15 is 0 Å². The second kappa shape index (κ2) is 4.13. The first-order valence-electron chi connectivity index (χ1n) is 5.66. The summed E-state index contributed by atoms with van der Waals surface area (Å²) in [7, 11) is 0. The number of rotatable bonds is 2. The highest BCUT2D eigenvalue weighted by molar-refractivity contribution is 6.00. The van der Waals surface area contributed by atoms with Crippen molar-refractivity contribution >= 4 is 11.7 Å². The predicted molar refractivity (Wildman–Crippen MR) is 62.1 cm³/mol. The minimum Gasteiger partial charge on any atom is -0.295 e. The van der Waals surface area contributed by atoms with Gasteiger partial charge in [0, 0.05) is 12.7 Å². The number of carbonyl (C=O) groups is 1. The summed E-state index contributed by atoms with van der Waals surface area (Å²) in [5, 5.41) is 9.18. The Balaban J connectivity index is 2.33. The molecular formula is C12H14N4O. The molecular weight excluding hydrogens is 216 g/mol.